The van der Waals surface area contributed by atoms with Gasteiger partial charge in [0, 0.05) is 32.3 Å². The maximum absolute atomic E-state index is 6.22. The van der Waals surface area contributed by atoms with E-state index in [0.717, 1.165) is 51.8 Å². The quantitative estimate of drug-likeness (QED) is 0.650. The maximum Gasteiger partial charge on any atom is 0.104 e. The third-order valence-corrected chi connectivity index (χ3v) is 5.47. The Morgan fingerprint density at radius 3 is 2.65 bits per heavy atom. The molecule has 4 heteroatoms. The molecule has 0 N–H and O–H groups in total. The summed E-state index contributed by atoms with van der Waals surface area (Å²) in [6.07, 6.45) is 8.70. The van der Waals surface area contributed by atoms with Crippen LogP contribution in [0.4, 0.5) is 0 Å². The lowest BCUT2D eigenvalue weighted by Gasteiger charge is -2.44. The van der Waals surface area contributed by atoms with E-state index in [2.05, 4.69) is 30.7 Å². The summed E-state index contributed by atoms with van der Waals surface area (Å²) in [6.45, 7) is 11.6. The summed E-state index contributed by atoms with van der Waals surface area (Å²) in [5.41, 5.74) is -0.0511. The molecule has 0 saturated carbocycles. The molecule has 23 heavy (non-hydrogen) atoms. The van der Waals surface area contributed by atoms with Crippen molar-refractivity contribution in [2.75, 3.05) is 53.0 Å². The zero-order chi connectivity index (χ0) is 16.5. The molecule has 4 nitrogen and oxygen atoms in total. The summed E-state index contributed by atoms with van der Waals surface area (Å²) in [4.78, 5) is 5.15. The van der Waals surface area contributed by atoms with Crippen LogP contribution in [-0.4, -0.2) is 74.5 Å². The van der Waals surface area contributed by atoms with Crippen molar-refractivity contribution >= 4 is 0 Å². The largest absolute Gasteiger partial charge is 0.378 e. The van der Waals surface area contributed by atoms with Crippen molar-refractivity contribution in [2.24, 2.45) is 0 Å². The molecule has 2 fully saturated rings. The zero-order valence-corrected chi connectivity index (χ0v) is 15.7. The van der Waals surface area contributed by atoms with Crippen LogP contribution in [0.15, 0.2) is 0 Å². The number of fused-ring (bicyclic) bond motifs is 2. The lowest BCUT2D eigenvalue weighted by molar-refractivity contribution is -0.159. The molecule has 136 valence electrons. The van der Waals surface area contributed by atoms with Crippen molar-refractivity contribution in [2.45, 2.75) is 70.4 Å². The topological polar surface area (TPSA) is 24.9 Å². The molecule has 2 heterocycles. The van der Waals surface area contributed by atoms with Gasteiger partial charge < -0.3 is 14.4 Å². The summed E-state index contributed by atoms with van der Waals surface area (Å²) in [7, 11) is 2.30. The molecule has 0 aromatic carbocycles. The van der Waals surface area contributed by atoms with Gasteiger partial charge in [-0.3, -0.25) is 4.90 Å². The Labute approximate surface area is 143 Å². The second-order valence-electron chi connectivity index (χ2n) is 7.53. The van der Waals surface area contributed by atoms with Crippen LogP contribution in [0.25, 0.3) is 0 Å². The summed E-state index contributed by atoms with van der Waals surface area (Å²) in [5.74, 6) is 0. The fraction of sp³-hybridized carbons (Fsp3) is 1.00. The van der Waals surface area contributed by atoms with Gasteiger partial charge in [-0.2, -0.15) is 0 Å². The fourth-order valence-electron chi connectivity index (χ4n) is 4.16. The van der Waals surface area contributed by atoms with Crippen LogP contribution in [0.5, 0.6) is 0 Å². The summed E-state index contributed by atoms with van der Waals surface area (Å²) in [5, 5.41) is 0. The van der Waals surface area contributed by atoms with Crippen LogP contribution in [0.3, 0.4) is 0 Å². The first kappa shape index (κ1) is 19.2. The Hall–Kier alpha value is -0.160. The fourth-order valence-corrected chi connectivity index (χ4v) is 4.16. The molecule has 2 aliphatic rings. The van der Waals surface area contributed by atoms with E-state index in [1.165, 1.54) is 45.2 Å². The highest BCUT2D eigenvalue weighted by Crippen LogP contribution is 2.26. The Bertz CT molecular complexity index is 320. The van der Waals surface area contributed by atoms with Crippen LogP contribution < -0.4 is 0 Å². The smallest absolute Gasteiger partial charge is 0.104 e. The Morgan fingerprint density at radius 2 is 1.91 bits per heavy atom. The summed E-state index contributed by atoms with van der Waals surface area (Å²) < 4.78 is 12.1. The molecule has 2 rings (SSSR count). The highest BCUT2D eigenvalue weighted by molar-refractivity contribution is 4.89. The molecule has 2 atom stereocenters. The number of rotatable bonds is 9. The normalized spacial score (nSPS) is 28.8. The van der Waals surface area contributed by atoms with Gasteiger partial charge in [-0.05, 0) is 45.7 Å². The minimum Gasteiger partial charge on any atom is -0.378 e. The van der Waals surface area contributed by atoms with E-state index in [1.807, 2.05) is 0 Å². The van der Waals surface area contributed by atoms with Crippen LogP contribution in [-0.2, 0) is 9.47 Å². The lowest BCUT2D eigenvalue weighted by atomic mass is 9.94. The molecule has 2 saturated heterocycles. The summed E-state index contributed by atoms with van der Waals surface area (Å²) in [6, 6.07) is 0.750. The third kappa shape index (κ3) is 6.00. The van der Waals surface area contributed by atoms with E-state index in [0.29, 0.717) is 0 Å². The average molecular weight is 327 g/mol. The van der Waals surface area contributed by atoms with Gasteiger partial charge in [0.15, 0.2) is 0 Å². The molecule has 0 spiro atoms. The SMILES string of the molecule is CCCC(CCC)N(C)CCCC12COCCCN(CCO1)C2. The third-order valence-electron chi connectivity index (χ3n) is 5.47. The van der Waals surface area contributed by atoms with E-state index in [4.69, 9.17) is 9.47 Å². The average Bonchev–Trinajstić information content (AvgIpc) is 2.53. The molecule has 0 amide bonds. The molecule has 2 unspecified atom stereocenters. The van der Waals surface area contributed by atoms with Crippen molar-refractivity contribution in [1.29, 1.82) is 0 Å². The minimum atomic E-state index is -0.0511. The van der Waals surface area contributed by atoms with Crippen molar-refractivity contribution in [3.63, 3.8) is 0 Å². The second-order valence-corrected chi connectivity index (χ2v) is 7.53. The van der Waals surface area contributed by atoms with Crippen molar-refractivity contribution in [3.05, 3.63) is 0 Å². The van der Waals surface area contributed by atoms with Crippen LogP contribution in [0.1, 0.15) is 58.8 Å². The monoisotopic (exact) mass is 326 g/mol. The molecule has 0 radical (unpaired) electrons. The van der Waals surface area contributed by atoms with Gasteiger partial charge in [0.25, 0.3) is 0 Å². The minimum absolute atomic E-state index is 0.0511. The van der Waals surface area contributed by atoms with Crippen LogP contribution >= 0.6 is 0 Å². The van der Waals surface area contributed by atoms with Gasteiger partial charge in [-0.25, -0.2) is 0 Å². The Kier molecular flexibility index (Phi) is 8.31. The Balaban J connectivity index is 1.80. The van der Waals surface area contributed by atoms with Gasteiger partial charge in [0.1, 0.15) is 5.60 Å². The van der Waals surface area contributed by atoms with Crippen LogP contribution in [0, 0.1) is 0 Å². The van der Waals surface area contributed by atoms with Crippen molar-refractivity contribution in [1.82, 2.24) is 9.80 Å². The highest BCUT2D eigenvalue weighted by Gasteiger charge is 2.37. The first-order chi connectivity index (χ1) is 11.2. The van der Waals surface area contributed by atoms with E-state index >= 15 is 0 Å². The number of hydrogen-bond acceptors (Lipinski definition) is 4. The van der Waals surface area contributed by atoms with E-state index in [9.17, 15) is 0 Å². The number of morpholine rings is 1. The number of hydrogen-bond donors (Lipinski definition) is 0. The predicted octanol–water partition coefficient (Wildman–Crippen LogP) is 3.16. The predicted molar refractivity (Wildman–Crippen MR) is 96.0 cm³/mol. The van der Waals surface area contributed by atoms with E-state index in [1.54, 1.807) is 0 Å². The molecular weight excluding hydrogens is 288 g/mol. The lowest BCUT2D eigenvalue weighted by Crippen LogP contribution is -2.56. The summed E-state index contributed by atoms with van der Waals surface area (Å²) >= 11 is 0. The molecule has 0 aromatic rings. The van der Waals surface area contributed by atoms with Gasteiger partial charge in [-0.15, -0.1) is 0 Å². The number of ether oxygens (including phenoxy) is 2. The second kappa shape index (κ2) is 9.97. The Morgan fingerprint density at radius 1 is 1.13 bits per heavy atom. The van der Waals surface area contributed by atoms with E-state index < -0.39 is 0 Å². The van der Waals surface area contributed by atoms with E-state index in [-0.39, 0.29) is 5.60 Å². The first-order valence-corrected chi connectivity index (χ1v) is 9.83. The van der Waals surface area contributed by atoms with Crippen molar-refractivity contribution < 1.29 is 9.47 Å². The molecule has 0 aromatic heterocycles. The molecule has 2 bridgehead atoms. The first-order valence-electron chi connectivity index (χ1n) is 9.83. The zero-order valence-electron chi connectivity index (χ0n) is 15.7. The molecule has 2 aliphatic heterocycles. The molecular formula is C19H38N2O2. The van der Waals surface area contributed by atoms with Crippen LogP contribution in [0.2, 0.25) is 0 Å². The maximum atomic E-state index is 6.22. The van der Waals surface area contributed by atoms with Gasteiger partial charge in [0.05, 0.1) is 13.2 Å². The highest BCUT2D eigenvalue weighted by atomic mass is 16.5. The molecule has 0 aliphatic carbocycles. The van der Waals surface area contributed by atoms with Gasteiger partial charge >= 0.3 is 0 Å². The standard InChI is InChI=1S/C19H38N2O2/c1-4-8-18(9-5-2)20(3)11-6-10-19-16-21(13-15-23-19)12-7-14-22-17-19/h18H,4-17H2,1-3H3. The number of nitrogens with zero attached hydrogens (tertiary/aromatic N) is 2. The van der Waals surface area contributed by atoms with Gasteiger partial charge in [0.2, 0.25) is 0 Å². The van der Waals surface area contributed by atoms with Crippen molar-refractivity contribution in [3.8, 4) is 0 Å². The van der Waals surface area contributed by atoms with Gasteiger partial charge in [-0.1, -0.05) is 26.7 Å².